The summed E-state index contributed by atoms with van der Waals surface area (Å²) in [5.41, 5.74) is 7.61. The van der Waals surface area contributed by atoms with Gasteiger partial charge >= 0.3 is 0 Å². The van der Waals surface area contributed by atoms with Gasteiger partial charge in [-0.1, -0.05) is 11.6 Å². The lowest BCUT2D eigenvalue weighted by molar-refractivity contribution is 0.0958. The number of benzene rings is 1. The third-order valence-electron chi connectivity index (χ3n) is 4.35. The van der Waals surface area contributed by atoms with Crippen molar-refractivity contribution in [3.8, 4) is 11.3 Å². The topological polar surface area (TPSA) is 106 Å². The van der Waals surface area contributed by atoms with Gasteiger partial charge in [-0.05, 0) is 30.3 Å². The molecule has 0 saturated carbocycles. The summed E-state index contributed by atoms with van der Waals surface area (Å²) in [6.45, 7) is 0. The maximum absolute atomic E-state index is 14.4. The molecule has 1 amide bonds. The van der Waals surface area contributed by atoms with Crippen LogP contribution in [0.15, 0.2) is 47.0 Å². The molecule has 4 N–H and O–H groups in total. The first-order valence-corrected chi connectivity index (χ1v) is 9.04. The lowest BCUT2D eigenvalue weighted by Gasteiger charge is -2.07. The molecular formula is C20H14ClF2N5O2. The average Bonchev–Trinajstić information content (AvgIpc) is 3.04. The molecule has 0 aliphatic rings. The molecule has 152 valence electrons. The lowest BCUT2D eigenvalue weighted by Crippen LogP contribution is -2.19. The van der Waals surface area contributed by atoms with Crippen molar-refractivity contribution in [2.45, 2.75) is 0 Å². The molecule has 0 aliphatic heterocycles. The van der Waals surface area contributed by atoms with Crippen molar-refractivity contribution in [2.24, 2.45) is 0 Å². The highest BCUT2D eigenvalue weighted by Gasteiger charge is 2.20. The highest BCUT2D eigenvalue weighted by atomic mass is 35.5. The highest BCUT2D eigenvalue weighted by Crippen LogP contribution is 2.40. The standard InChI is InChI=1S/C20H14ClF2N5O2/c1-25-20(29)14-6-9(4-5-26-14)16-18-11(8-15(23)28-16)17(19(24)30-18)27-10-2-3-13(22)12(21)7-10/h2-8,27H,24H2,1H3,(H,25,29). The van der Waals surface area contributed by atoms with E-state index in [0.29, 0.717) is 16.6 Å². The smallest absolute Gasteiger partial charge is 0.269 e. The van der Waals surface area contributed by atoms with E-state index < -0.39 is 17.7 Å². The number of amides is 1. The number of halogens is 3. The summed E-state index contributed by atoms with van der Waals surface area (Å²) in [7, 11) is 1.47. The van der Waals surface area contributed by atoms with Crippen LogP contribution in [0, 0.1) is 11.8 Å². The number of furan rings is 1. The number of carbonyl (C=O) groups excluding carboxylic acids is 1. The molecule has 0 spiro atoms. The number of aromatic nitrogens is 2. The van der Waals surface area contributed by atoms with E-state index in [1.807, 2.05) is 0 Å². The van der Waals surface area contributed by atoms with E-state index in [-0.39, 0.29) is 33.6 Å². The molecule has 4 rings (SSSR count). The Hall–Kier alpha value is -3.72. The van der Waals surface area contributed by atoms with E-state index in [2.05, 4.69) is 20.6 Å². The first-order valence-electron chi connectivity index (χ1n) is 8.66. The van der Waals surface area contributed by atoms with E-state index in [0.717, 1.165) is 6.07 Å². The SMILES string of the molecule is CNC(=O)c1cc(-c2nc(F)cc3c(Nc4ccc(F)c(Cl)c4)c(N)oc23)ccn1. The Kier molecular flexibility index (Phi) is 4.96. The molecule has 0 aliphatic carbocycles. The van der Waals surface area contributed by atoms with Gasteiger partial charge in [-0.3, -0.25) is 9.78 Å². The summed E-state index contributed by atoms with van der Waals surface area (Å²) in [5, 5.41) is 5.67. The summed E-state index contributed by atoms with van der Waals surface area (Å²) in [4.78, 5) is 19.8. The summed E-state index contributed by atoms with van der Waals surface area (Å²) in [6.07, 6.45) is 1.41. The Labute approximate surface area is 173 Å². The van der Waals surface area contributed by atoms with Crippen molar-refractivity contribution in [1.82, 2.24) is 15.3 Å². The van der Waals surface area contributed by atoms with Crippen LogP contribution in [0.1, 0.15) is 10.5 Å². The predicted molar refractivity (Wildman–Crippen MR) is 110 cm³/mol. The Balaban J connectivity index is 1.85. The molecule has 30 heavy (non-hydrogen) atoms. The molecule has 0 bridgehead atoms. The quantitative estimate of drug-likeness (QED) is 0.412. The molecular weight excluding hydrogens is 416 g/mol. The second kappa shape index (κ2) is 7.60. The zero-order chi connectivity index (χ0) is 21.4. The van der Waals surface area contributed by atoms with Crippen LogP contribution in [0.5, 0.6) is 0 Å². The number of hydrogen-bond donors (Lipinski definition) is 3. The van der Waals surface area contributed by atoms with Gasteiger partial charge in [-0.25, -0.2) is 9.37 Å². The minimum atomic E-state index is -0.781. The highest BCUT2D eigenvalue weighted by molar-refractivity contribution is 6.31. The molecule has 0 unspecified atom stereocenters. The summed E-state index contributed by atoms with van der Waals surface area (Å²) in [5.74, 6) is -1.79. The zero-order valence-corrected chi connectivity index (χ0v) is 16.2. The number of anilines is 3. The summed E-state index contributed by atoms with van der Waals surface area (Å²) in [6, 6.07) is 8.20. The van der Waals surface area contributed by atoms with E-state index in [9.17, 15) is 13.6 Å². The molecule has 3 aromatic heterocycles. The fourth-order valence-corrected chi connectivity index (χ4v) is 3.14. The number of rotatable bonds is 4. The van der Waals surface area contributed by atoms with Crippen LogP contribution >= 0.6 is 11.6 Å². The van der Waals surface area contributed by atoms with Gasteiger partial charge in [0.25, 0.3) is 5.91 Å². The molecule has 4 aromatic rings. The van der Waals surface area contributed by atoms with Gasteiger partial charge in [0.15, 0.2) is 5.58 Å². The summed E-state index contributed by atoms with van der Waals surface area (Å²) < 4.78 is 33.4. The van der Waals surface area contributed by atoms with Crippen molar-refractivity contribution in [1.29, 1.82) is 0 Å². The van der Waals surface area contributed by atoms with Gasteiger partial charge in [-0.15, -0.1) is 0 Å². The minimum Gasteiger partial charge on any atom is -0.436 e. The van der Waals surface area contributed by atoms with Crippen LogP contribution in [-0.4, -0.2) is 22.9 Å². The Bertz CT molecular complexity index is 1290. The number of hydrogen-bond acceptors (Lipinski definition) is 6. The van der Waals surface area contributed by atoms with E-state index in [1.54, 1.807) is 6.07 Å². The second-order valence-electron chi connectivity index (χ2n) is 6.27. The third kappa shape index (κ3) is 3.50. The first kappa shape index (κ1) is 19.6. The van der Waals surface area contributed by atoms with Crippen LogP contribution in [-0.2, 0) is 0 Å². The maximum Gasteiger partial charge on any atom is 0.269 e. The van der Waals surface area contributed by atoms with Crippen LogP contribution in [0.4, 0.5) is 26.0 Å². The fourth-order valence-electron chi connectivity index (χ4n) is 2.96. The van der Waals surface area contributed by atoms with Crippen LogP contribution < -0.4 is 16.4 Å². The van der Waals surface area contributed by atoms with Gasteiger partial charge in [0, 0.05) is 30.6 Å². The number of nitrogens with zero attached hydrogens (tertiary/aromatic N) is 2. The van der Waals surface area contributed by atoms with Gasteiger partial charge < -0.3 is 20.8 Å². The van der Waals surface area contributed by atoms with Crippen molar-refractivity contribution in [3.05, 3.63) is 65.1 Å². The van der Waals surface area contributed by atoms with Gasteiger partial charge in [0.1, 0.15) is 22.9 Å². The first-order chi connectivity index (χ1) is 14.4. The average molecular weight is 430 g/mol. The predicted octanol–water partition coefficient (Wildman–Crippen LogP) is 4.51. The normalized spacial score (nSPS) is 10.9. The van der Waals surface area contributed by atoms with E-state index in [4.69, 9.17) is 21.8 Å². The third-order valence-corrected chi connectivity index (χ3v) is 4.64. The van der Waals surface area contributed by atoms with Gasteiger partial charge in [-0.2, -0.15) is 4.39 Å². The Morgan fingerprint density at radius 2 is 2.00 bits per heavy atom. The second-order valence-corrected chi connectivity index (χ2v) is 6.68. The lowest BCUT2D eigenvalue weighted by atomic mass is 10.1. The molecule has 0 radical (unpaired) electrons. The number of pyridine rings is 2. The van der Waals surface area contributed by atoms with Crippen LogP contribution in [0.3, 0.4) is 0 Å². The number of fused-ring (bicyclic) bond motifs is 1. The van der Waals surface area contributed by atoms with E-state index in [1.165, 1.54) is 37.5 Å². The number of nitrogens with two attached hydrogens (primary N) is 1. The number of nitrogen functional groups attached to an aromatic ring is 1. The molecule has 1 aromatic carbocycles. The fraction of sp³-hybridized carbons (Fsp3) is 0.0500. The van der Waals surface area contributed by atoms with Crippen LogP contribution in [0.25, 0.3) is 22.2 Å². The van der Waals surface area contributed by atoms with Crippen molar-refractivity contribution < 1.29 is 18.0 Å². The zero-order valence-electron chi connectivity index (χ0n) is 15.5. The van der Waals surface area contributed by atoms with Crippen LogP contribution in [0.2, 0.25) is 5.02 Å². The van der Waals surface area contributed by atoms with Crippen molar-refractivity contribution in [2.75, 3.05) is 18.1 Å². The molecule has 3 heterocycles. The van der Waals surface area contributed by atoms with E-state index >= 15 is 0 Å². The van der Waals surface area contributed by atoms with Crippen molar-refractivity contribution in [3.63, 3.8) is 0 Å². The monoisotopic (exact) mass is 429 g/mol. The maximum atomic E-state index is 14.4. The largest absolute Gasteiger partial charge is 0.436 e. The Morgan fingerprint density at radius 3 is 2.73 bits per heavy atom. The molecule has 0 saturated heterocycles. The number of carbonyl (C=O) groups is 1. The Morgan fingerprint density at radius 1 is 1.20 bits per heavy atom. The molecule has 7 nitrogen and oxygen atoms in total. The number of nitrogens with one attached hydrogen (secondary N) is 2. The molecule has 0 fully saturated rings. The summed E-state index contributed by atoms with van der Waals surface area (Å²) >= 11 is 5.82. The van der Waals surface area contributed by atoms with Gasteiger partial charge in [0.05, 0.1) is 10.4 Å². The van der Waals surface area contributed by atoms with Gasteiger partial charge in [0.2, 0.25) is 11.8 Å². The molecule has 0 atom stereocenters. The molecule has 10 heteroatoms. The van der Waals surface area contributed by atoms with Crippen molar-refractivity contribution >= 4 is 45.7 Å². The minimum absolute atomic E-state index is 0.0281.